The second-order valence-electron chi connectivity index (χ2n) is 11.5. The summed E-state index contributed by atoms with van der Waals surface area (Å²) >= 11 is -2.38. The van der Waals surface area contributed by atoms with Gasteiger partial charge in [0.15, 0.2) is 0 Å². The predicted molar refractivity (Wildman–Crippen MR) is 184 cm³/mol. The molecule has 2 aliphatic rings. The third-order valence-electron chi connectivity index (χ3n) is 9.24. The molecule has 0 N–H and O–H groups in total. The summed E-state index contributed by atoms with van der Waals surface area (Å²) in [5.41, 5.74) is 5.52. The van der Waals surface area contributed by atoms with Gasteiger partial charge in [-0.2, -0.15) is 0 Å². The van der Waals surface area contributed by atoms with Crippen LogP contribution in [0.2, 0.25) is 4.63 Å². The van der Waals surface area contributed by atoms with Crippen LogP contribution in [0.4, 0.5) is 0 Å². The molecular weight excluding hydrogens is 679 g/mol. The van der Waals surface area contributed by atoms with E-state index in [2.05, 4.69) is 144 Å². The summed E-state index contributed by atoms with van der Waals surface area (Å²) in [4.78, 5) is 0. The Bertz CT molecular complexity index is 1850. The van der Waals surface area contributed by atoms with Gasteiger partial charge in [-0.25, -0.2) is 0 Å². The fourth-order valence-electron chi connectivity index (χ4n) is 6.79. The zero-order chi connectivity index (χ0) is 26.5. The van der Waals surface area contributed by atoms with Crippen molar-refractivity contribution < 1.29 is 15.7 Å². The van der Waals surface area contributed by atoms with Crippen molar-refractivity contribution in [2.45, 2.75) is 17.5 Å². The average Bonchev–Trinajstić information content (AvgIpc) is 3.69. The second-order valence-corrected chi connectivity index (χ2v) is 47.9. The number of hydrogen-bond donors (Lipinski definition) is 0. The van der Waals surface area contributed by atoms with E-state index >= 15 is 0 Å². The predicted octanol–water partition coefficient (Wildman–Crippen LogP) is 9.49. The zero-order valence-electron chi connectivity index (χ0n) is 23.2. The standard InChI is InChI=1S/2C15H11.C6H5.CH3.2ClH.GeH2.Zr/c2*1-2-7-12(6-1)15-11-5-9-13-8-3-4-10-14(13)15;1-2-4-6-5-3-1;;;;;/h2*3-11H,1H2;1-5H;1H3;2*1H;1H2;. The van der Waals surface area contributed by atoms with E-state index in [0.717, 1.165) is 12.8 Å². The Balaban J connectivity index is 0.00000169. The third kappa shape index (κ3) is 5.00. The van der Waals surface area contributed by atoms with Crippen molar-refractivity contribution in [3.05, 3.63) is 157 Å². The summed E-state index contributed by atoms with van der Waals surface area (Å²) in [6, 6.07) is 42.6. The number of benzene rings is 5. The Labute approximate surface area is 261 Å². The molecule has 0 heterocycles. The van der Waals surface area contributed by atoms with Gasteiger partial charge < -0.3 is 0 Å². The van der Waals surface area contributed by atoms with E-state index in [-0.39, 0.29) is 24.8 Å². The maximum atomic E-state index is 2.72. The van der Waals surface area contributed by atoms with Gasteiger partial charge in [0.25, 0.3) is 0 Å². The van der Waals surface area contributed by atoms with Crippen molar-refractivity contribution in [2.75, 3.05) is 0 Å². The summed E-state index contributed by atoms with van der Waals surface area (Å²) in [6.45, 7) is 0. The van der Waals surface area contributed by atoms with Gasteiger partial charge in [-0.1, -0.05) is 0 Å². The van der Waals surface area contributed by atoms with E-state index in [0.29, 0.717) is 0 Å². The number of fused-ring (bicyclic) bond motifs is 2. The molecule has 0 saturated carbocycles. The molecule has 2 aliphatic carbocycles. The van der Waals surface area contributed by atoms with Crippen molar-refractivity contribution in [3.8, 4) is 0 Å². The number of hydrogen-bond acceptors (Lipinski definition) is 0. The minimum atomic E-state index is -3.71. The molecule has 0 aromatic heterocycles. The fraction of sp³-hybridized carbons (Fsp3) is 0.0811. The first-order valence-electron chi connectivity index (χ1n) is 13.9. The van der Waals surface area contributed by atoms with Crippen LogP contribution in [0.5, 0.6) is 0 Å². The van der Waals surface area contributed by atoms with Crippen LogP contribution in [-0.4, -0.2) is 12.1 Å². The van der Waals surface area contributed by atoms with Crippen molar-refractivity contribution in [2.24, 2.45) is 0 Å². The minimum absolute atomic E-state index is 0. The second kappa shape index (κ2) is 11.7. The van der Waals surface area contributed by atoms with Gasteiger partial charge >= 0.3 is 238 Å². The van der Waals surface area contributed by atoms with E-state index in [1.54, 1.807) is 9.83 Å². The van der Waals surface area contributed by atoms with Crippen molar-refractivity contribution in [1.82, 2.24) is 0 Å². The van der Waals surface area contributed by atoms with Gasteiger partial charge in [-0.05, 0) is 0 Å². The first kappa shape index (κ1) is 30.1. The van der Waals surface area contributed by atoms with Gasteiger partial charge in [-0.3, -0.25) is 0 Å². The van der Waals surface area contributed by atoms with Crippen LogP contribution in [0.3, 0.4) is 0 Å². The van der Waals surface area contributed by atoms with Gasteiger partial charge in [-0.15, -0.1) is 24.8 Å². The molecule has 0 atom stereocenters. The molecule has 0 saturated heterocycles. The summed E-state index contributed by atoms with van der Waals surface area (Å²) in [7, 11) is 0. The Morgan fingerprint density at radius 3 is 1.41 bits per heavy atom. The Morgan fingerprint density at radius 2 is 0.927 bits per heavy atom. The van der Waals surface area contributed by atoms with Crippen LogP contribution in [0.15, 0.2) is 146 Å². The molecule has 0 amide bonds. The normalized spacial score (nSPS) is 15.0. The summed E-state index contributed by atoms with van der Waals surface area (Å²) in [5.74, 6) is 0. The topological polar surface area (TPSA) is 0 Å². The molecule has 0 radical (unpaired) electrons. The van der Waals surface area contributed by atoms with Crippen molar-refractivity contribution in [1.29, 1.82) is 0 Å². The number of halogens is 2. The van der Waals surface area contributed by atoms with Gasteiger partial charge in [0.05, 0.1) is 0 Å². The Hall–Kier alpha value is -2.41. The SMILES string of the molecule is Cl.Cl.[CH3][Zr](=[GeH2])([C]1=CC(c2cccc3ccccc23)=CC1)([C]1=CC(c2cccc3ccccc23)=CC1)[c]1ccccc1. The molecule has 5 aromatic carbocycles. The van der Waals surface area contributed by atoms with E-state index in [1.165, 1.54) is 56.0 Å². The quantitative estimate of drug-likeness (QED) is 0.159. The third-order valence-corrected chi connectivity index (χ3v) is 40.5. The van der Waals surface area contributed by atoms with Crippen LogP contribution in [0.1, 0.15) is 24.0 Å². The van der Waals surface area contributed by atoms with Gasteiger partial charge in [0, 0.05) is 0 Å². The molecule has 0 aliphatic heterocycles. The first-order valence-corrected chi connectivity index (χ1v) is 30.6. The van der Waals surface area contributed by atoms with E-state index in [1.807, 2.05) is 0 Å². The molecule has 0 nitrogen and oxygen atoms in total. The molecular formula is C37H34Cl2GeZr. The van der Waals surface area contributed by atoms with E-state index in [4.69, 9.17) is 0 Å². The van der Waals surface area contributed by atoms with Crippen LogP contribution >= 0.6 is 24.8 Å². The molecule has 0 spiro atoms. The first-order chi connectivity index (χ1) is 19.0. The molecule has 204 valence electrons. The van der Waals surface area contributed by atoms with Crippen LogP contribution < -0.4 is 3.27 Å². The fourth-order valence-corrected chi connectivity index (χ4v) is 27.3. The Kier molecular flexibility index (Phi) is 8.57. The maximum absolute atomic E-state index is 3.71. The van der Waals surface area contributed by atoms with Gasteiger partial charge in [0.2, 0.25) is 0 Å². The molecule has 0 fully saturated rings. The zero-order valence-corrected chi connectivity index (χ0v) is 30.3. The van der Waals surface area contributed by atoms with Crippen LogP contribution in [0.25, 0.3) is 32.7 Å². The van der Waals surface area contributed by atoms with Crippen LogP contribution in [-0.2, 0) is 15.7 Å². The van der Waals surface area contributed by atoms with Gasteiger partial charge in [0.1, 0.15) is 0 Å². The average molecular weight is 713 g/mol. The summed E-state index contributed by atoms with van der Waals surface area (Å²) in [6.07, 6.45) is 12.3. The Morgan fingerprint density at radius 1 is 0.512 bits per heavy atom. The monoisotopic (exact) mass is 712 g/mol. The molecule has 7 rings (SSSR count). The molecule has 4 heteroatoms. The summed E-state index contributed by atoms with van der Waals surface area (Å²) in [5, 5.41) is 5.33. The van der Waals surface area contributed by atoms with Crippen molar-refractivity contribution >= 4 is 72.9 Å². The van der Waals surface area contributed by atoms with E-state index < -0.39 is 15.7 Å². The van der Waals surface area contributed by atoms with Crippen LogP contribution in [0, 0.1) is 0 Å². The molecule has 5 aromatic rings. The number of allylic oxidation sites excluding steroid dienone is 8. The molecule has 0 bridgehead atoms. The summed E-state index contributed by atoms with van der Waals surface area (Å²) < 4.78 is 7.75. The van der Waals surface area contributed by atoms with E-state index in [9.17, 15) is 0 Å². The van der Waals surface area contributed by atoms with Crippen molar-refractivity contribution in [3.63, 3.8) is 0 Å². The number of rotatable bonds is 5. The molecule has 0 unspecified atom stereocenters. The molecule has 41 heavy (non-hydrogen) atoms.